The molecule has 0 aliphatic carbocycles. The van der Waals surface area contributed by atoms with Gasteiger partial charge in [0, 0.05) is 64.6 Å². The van der Waals surface area contributed by atoms with Gasteiger partial charge in [0.05, 0.1) is 6.20 Å². The zero-order valence-corrected chi connectivity index (χ0v) is 19.8. The first-order valence-corrected chi connectivity index (χ1v) is 9.86. The fourth-order valence-corrected chi connectivity index (χ4v) is 3.81. The Morgan fingerprint density at radius 3 is 2.86 bits per heavy atom. The predicted octanol–water partition coefficient (Wildman–Crippen LogP) is 3.24. The Hall–Kier alpha value is -1.77. The average molecular weight is 496 g/mol. The van der Waals surface area contributed by atoms with Gasteiger partial charge in [-0.2, -0.15) is 5.10 Å². The van der Waals surface area contributed by atoms with Gasteiger partial charge in [-0.1, -0.05) is 12.1 Å². The molecular weight excluding hydrogens is 463 g/mol. The number of guanidine groups is 1. The van der Waals surface area contributed by atoms with Crippen molar-refractivity contribution < 1.29 is 0 Å². The summed E-state index contributed by atoms with van der Waals surface area (Å²) < 4.78 is 1.88. The van der Waals surface area contributed by atoms with Crippen LogP contribution in [0.1, 0.15) is 30.4 Å². The molecule has 6 nitrogen and oxygen atoms in total. The number of aliphatic imine (C=N–C) groups is 1. The van der Waals surface area contributed by atoms with Gasteiger partial charge in [-0.25, -0.2) is 0 Å². The van der Waals surface area contributed by atoms with E-state index in [0.717, 1.165) is 45.1 Å². The molecular formula is C21H33IN6. The number of nitrogens with one attached hydrogen (secondary N) is 1. The highest BCUT2D eigenvalue weighted by atomic mass is 127. The zero-order chi connectivity index (χ0) is 19.2. The minimum Gasteiger partial charge on any atom is -0.370 e. The second kappa shape index (κ2) is 10.7. The van der Waals surface area contributed by atoms with Gasteiger partial charge in [0.1, 0.15) is 0 Å². The van der Waals surface area contributed by atoms with E-state index in [1.165, 1.54) is 16.8 Å². The molecule has 0 spiro atoms. The molecule has 1 fully saturated rings. The second-order valence-corrected chi connectivity index (χ2v) is 7.27. The smallest absolute Gasteiger partial charge is 0.193 e. The first-order valence-electron chi connectivity index (χ1n) is 9.86. The van der Waals surface area contributed by atoms with Crippen LogP contribution in [0, 0.1) is 6.92 Å². The van der Waals surface area contributed by atoms with Crippen LogP contribution in [0.15, 0.2) is 41.7 Å². The molecule has 1 saturated heterocycles. The second-order valence-electron chi connectivity index (χ2n) is 7.27. The lowest BCUT2D eigenvalue weighted by molar-refractivity contribution is 0.486. The van der Waals surface area contributed by atoms with Crippen LogP contribution >= 0.6 is 24.0 Å². The summed E-state index contributed by atoms with van der Waals surface area (Å²) >= 11 is 0. The SMILES string of the molecule is CCN(CCNC(=NC)N1CCC(c2cnn(C)c2)C1)c1cccc(C)c1.I. The lowest BCUT2D eigenvalue weighted by atomic mass is 10.0. The number of rotatable bonds is 6. The van der Waals surface area contributed by atoms with E-state index in [4.69, 9.17) is 0 Å². The van der Waals surface area contributed by atoms with Crippen molar-refractivity contribution >= 4 is 35.6 Å². The van der Waals surface area contributed by atoms with Gasteiger partial charge < -0.3 is 15.1 Å². The first-order chi connectivity index (χ1) is 13.1. The van der Waals surface area contributed by atoms with E-state index >= 15 is 0 Å². The number of hydrogen-bond donors (Lipinski definition) is 1. The summed E-state index contributed by atoms with van der Waals surface area (Å²) in [5.41, 5.74) is 3.91. The van der Waals surface area contributed by atoms with E-state index < -0.39 is 0 Å². The third-order valence-electron chi connectivity index (χ3n) is 5.31. The number of anilines is 1. The molecule has 1 unspecified atom stereocenters. The van der Waals surface area contributed by atoms with Crippen LogP contribution in [0.3, 0.4) is 0 Å². The maximum absolute atomic E-state index is 4.51. The molecule has 1 aliphatic heterocycles. The summed E-state index contributed by atoms with van der Waals surface area (Å²) in [6.07, 6.45) is 5.27. The molecule has 1 aromatic heterocycles. The van der Waals surface area contributed by atoms with E-state index in [9.17, 15) is 0 Å². The molecule has 1 atom stereocenters. The molecule has 0 amide bonds. The number of likely N-dealkylation sites (tertiary alicyclic amines) is 1. The van der Waals surface area contributed by atoms with Gasteiger partial charge in [0.2, 0.25) is 0 Å². The predicted molar refractivity (Wildman–Crippen MR) is 128 cm³/mol. The lowest BCUT2D eigenvalue weighted by Crippen LogP contribution is -2.43. The maximum atomic E-state index is 4.51. The fraction of sp³-hybridized carbons (Fsp3) is 0.524. The standard InChI is InChI=1S/C21H32N6.HI/c1-5-26(20-8-6-7-17(2)13-20)12-10-23-21(22-3)27-11-9-18(16-27)19-14-24-25(4)15-19;/h6-8,13-15,18H,5,9-12,16H2,1-4H3,(H,22,23);1H. The zero-order valence-electron chi connectivity index (χ0n) is 17.4. The summed E-state index contributed by atoms with van der Waals surface area (Å²) in [7, 11) is 3.85. The summed E-state index contributed by atoms with van der Waals surface area (Å²) in [6.45, 7) is 9.22. The van der Waals surface area contributed by atoms with Crippen molar-refractivity contribution in [1.82, 2.24) is 20.0 Å². The quantitative estimate of drug-likeness (QED) is 0.379. The molecule has 154 valence electrons. The molecule has 1 aromatic carbocycles. The normalized spacial score (nSPS) is 16.8. The van der Waals surface area contributed by atoms with Crippen molar-refractivity contribution in [3.05, 3.63) is 47.8 Å². The Morgan fingerprint density at radius 2 is 2.21 bits per heavy atom. The number of nitrogens with zero attached hydrogens (tertiary/aromatic N) is 5. The van der Waals surface area contributed by atoms with Gasteiger partial charge in [0.15, 0.2) is 5.96 Å². The summed E-state index contributed by atoms with van der Waals surface area (Å²) in [6, 6.07) is 8.70. The number of likely N-dealkylation sites (N-methyl/N-ethyl adjacent to an activating group) is 1. The van der Waals surface area contributed by atoms with E-state index in [1.54, 1.807) is 0 Å². The van der Waals surface area contributed by atoms with Crippen molar-refractivity contribution in [3.63, 3.8) is 0 Å². The molecule has 3 rings (SSSR count). The van der Waals surface area contributed by atoms with Crippen LogP contribution in [-0.2, 0) is 7.05 Å². The summed E-state index contributed by atoms with van der Waals surface area (Å²) in [5.74, 6) is 1.54. The van der Waals surface area contributed by atoms with Crippen LogP contribution in [0.5, 0.6) is 0 Å². The van der Waals surface area contributed by atoms with Crippen LogP contribution in [-0.4, -0.2) is 60.4 Å². The third-order valence-corrected chi connectivity index (χ3v) is 5.31. The number of halogens is 1. The largest absolute Gasteiger partial charge is 0.370 e. The van der Waals surface area contributed by atoms with Crippen LogP contribution < -0.4 is 10.2 Å². The minimum atomic E-state index is 0. The Bertz CT molecular complexity index is 772. The highest BCUT2D eigenvalue weighted by Gasteiger charge is 2.26. The van der Waals surface area contributed by atoms with Crippen LogP contribution in [0.4, 0.5) is 5.69 Å². The number of aryl methyl sites for hydroxylation is 2. The molecule has 0 saturated carbocycles. The molecule has 1 N–H and O–H groups in total. The highest BCUT2D eigenvalue weighted by Crippen LogP contribution is 2.26. The Balaban J connectivity index is 0.00000280. The van der Waals surface area contributed by atoms with Crippen LogP contribution in [0.25, 0.3) is 0 Å². The van der Waals surface area contributed by atoms with E-state index in [1.807, 2.05) is 25.0 Å². The Kier molecular flexibility index (Phi) is 8.59. The van der Waals surface area contributed by atoms with Gasteiger partial charge >= 0.3 is 0 Å². The van der Waals surface area contributed by atoms with Crippen LogP contribution in [0.2, 0.25) is 0 Å². The average Bonchev–Trinajstić information content (AvgIpc) is 3.31. The molecule has 2 heterocycles. The fourth-order valence-electron chi connectivity index (χ4n) is 3.81. The van der Waals surface area contributed by atoms with E-state index in [0.29, 0.717) is 5.92 Å². The summed E-state index contributed by atoms with van der Waals surface area (Å²) in [4.78, 5) is 9.27. The minimum absolute atomic E-state index is 0. The van der Waals surface area contributed by atoms with Crippen molar-refractivity contribution in [2.75, 3.05) is 44.7 Å². The number of aromatic nitrogens is 2. The van der Waals surface area contributed by atoms with Crippen molar-refractivity contribution in [2.45, 2.75) is 26.2 Å². The molecule has 1 aliphatic rings. The van der Waals surface area contributed by atoms with E-state index in [-0.39, 0.29) is 24.0 Å². The molecule has 0 bridgehead atoms. The van der Waals surface area contributed by atoms with Gasteiger partial charge in [0.25, 0.3) is 0 Å². The molecule has 28 heavy (non-hydrogen) atoms. The first kappa shape index (κ1) is 22.5. The highest BCUT2D eigenvalue weighted by molar-refractivity contribution is 14.0. The Labute approximate surface area is 186 Å². The van der Waals surface area contributed by atoms with Gasteiger partial charge in [-0.15, -0.1) is 24.0 Å². The number of benzene rings is 1. The van der Waals surface area contributed by atoms with Crippen molar-refractivity contribution in [2.24, 2.45) is 12.0 Å². The lowest BCUT2D eigenvalue weighted by Gasteiger charge is -2.26. The monoisotopic (exact) mass is 496 g/mol. The molecule has 2 aromatic rings. The van der Waals surface area contributed by atoms with Crippen molar-refractivity contribution in [3.8, 4) is 0 Å². The topological polar surface area (TPSA) is 48.7 Å². The van der Waals surface area contributed by atoms with Gasteiger partial charge in [-0.3, -0.25) is 9.67 Å². The maximum Gasteiger partial charge on any atom is 0.193 e. The summed E-state index contributed by atoms with van der Waals surface area (Å²) in [5, 5.41) is 7.86. The van der Waals surface area contributed by atoms with Gasteiger partial charge in [-0.05, 0) is 43.5 Å². The molecule has 0 radical (unpaired) electrons. The van der Waals surface area contributed by atoms with Crippen molar-refractivity contribution in [1.29, 1.82) is 0 Å². The van der Waals surface area contributed by atoms with E-state index in [2.05, 4.69) is 69.5 Å². The third kappa shape index (κ3) is 5.62. The Morgan fingerprint density at radius 1 is 1.39 bits per heavy atom. The molecule has 7 heteroatoms. The number of hydrogen-bond acceptors (Lipinski definition) is 3.